The second-order valence-corrected chi connectivity index (χ2v) is 13.2. The Hall–Kier alpha value is -0.940. The molecule has 0 bridgehead atoms. The first-order chi connectivity index (χ1) is 14.0. The third-order valence-electron chi connectivity index (χ3n) is 4.84. The summed E-state index contributed by atoms with van der Waals surface area (Å²) in [6.45, 7) is 8.42. The first-order valence-corrected chi connectivity index (χ1v) is 13.8. The van der Waals surface area contributed by atoms with Crippen LogP contribution in [0.5, 0.6) is 0 Å². The van der Waals surface area contributed by atoms with E-state index in [0.717, 1.165) is 33.1 Å². The fraction of sp³-hybridized carbons (Fsp3) is 0.273. The predicted octanol–water partition coefficient (Wildman–Crippen LogP) is 6.31. The summed E-state index contributed by atoms with van der Waals surface area (Å²) in [4.78, 5) is -0.276. The Morgan fingerprint density at radius 1 is 0.833 bits per heavy atom. The monoisotopic (exact) mass is 500 g/mol. The summed E-state index contributed by atoms with van der Waals surface area (Å²) in [6, 6.07) is 16.0. The molecule has 0 radical (unpaired) electrons. The molecule has 1 N–H and O–H groups in total. The fourth-order valence-electron chi connectivity index (χ4n) is 3.50. The second-order valence-electron chi connectivity index (χ2n) is 7.56. The minimum absolute atomic E-state index is 0.0194. The van der Waals surface area contributed by atoms with E-state index in [9.17, 15) is 13.0 Å². The van der Waals surface area contributed by atoms with Crippen molar-refractivity contribution >= 4 is 68.5 Å². The molecule has 160 valence electrons. The van der Waals surface area contributed by atoms with Crippen LogP contribution in [0.3, 0.4) is 0 Å². The summed E-state index contributed by atoms with van der Waals surface area (Å²) < 4.78 is 34.9. The molecule has 0 aliphatic heterocycles. The summed E-state index contributed by atoms with van der Waals surface area (Å²) in [5.74, 6) is 0.443. The lowest BCUT2D eigenvalue weighted by Gasteiger charge is -2.27. The van der Waals surface area contributed by atoms with Crippen molar-refractivity contribution in [2.45, 2.75) is 44.4 Å². The molecule has 0 unspecified atom stereocenters. The molecule has 0 spiro atoms. The van der Waals surface area contributed by atoms with Crippen molar-refractivity contribution in [3.8, 4) is 0 Å². The molecule has 2 aromatic carbocycles. The molecule has 8 heteroatoms. The highest BCUT2D eigenvalue weighted by Crippen LogP contribution is 2.47. The summed E-state index contributed by atoms with van der Waals surface area (Å²) in [6.07, 6.45) is 0. The summed E-state index contributed by atoms with van der Waals surface area (Å²) in [5, 5.41) is 2.42. The Morgan fingerprint density at radius 3 is 1.67 bits per heavy atom. The van der Waals surface area contributed by atoms with E-state index in [0.29, 0.717) is 5.30 Å². The average Bonchev–Trinajstić information content (AvgIpc) is 2.96. The number of benzene rings is 2. The van der Waals surface area contributed by atoms with Gasteiger partial charge in [0.25, 0.3) is 10.1 Å². The van der Waals surface area contributed by atoms with Gasteiger partial charge in [0.1, 0.15) is 13.6 Å². The molecule has 3 nitrogen and oxygen atoms in total. The van der Waals surface area contributed by atoms with Gasteiger partial charge in [-0.2, -0.15) is 8.42 Å². The van der Waals surface area contributed by atoms with E-state index in [2.05, 4.69) is 39.8 Å². The maximum Gasteiger partial charge on any atom is 0.297 e. The Labute approximate surface area is 193 Å². The summed E-state index contributed by atoms with van der Waals surface area (Å²) >= 11 is 13.8. The molecule has 0 aliphatic rings. The highest BCUT2D eigenvalue weighted by molar-refractivity contribution is 7.88. The first kappa shape index (κ1) is 23.7. The normalized spacial score (nSPS) is 12.3. The van der Waals surface area contributed by atoms with Crippen LogP contribution in [0.1, 0.15) is 50.7 Å². The van der Waals surface area contributed by atoms with Gasteiger partial charge in [0.15, 0.2) is 0 Å². The maximum absolute atomic E-state index is 12.3. The molecule has 0 saturated heterocycles. The zero-order chi connectivity index (χ0) is 22.2. The van der Waals surface area contributed by atoms with Crippen molar-refractivity contribution in [3.05, 3.63) is 68.3 Å². The number of rotatable bonds is 6. The number of hydrogen-bond acceptors (Lipinski definition) is 3. The molecule has 0 saturated carbocycles. The number of hydrogen-bond donors (Lipinski definition) is 1. The molecule has 0 aliphatic carbocycles. The van der Waals surface area contributed by atoms with Crippen LogP contribution in [0.2, 0.25) is 8.67 Å². The molecular weight excluding hydrogens is 478 g/mol. The highest BCUT2D eigenvalue weighted by atomic mass is 35.5. The topological polar surface area (TPSA) is 54.4 Å². The lowest BCUT2D eigenvalue weighted by molar-refractivity contribution is 0.484. The fourth-order valence-corrected chi connectivity index (χ4v) is 10.5. The molecule has 0 atom stereocenters. The van der Waals surface area contributed by atoms with Crippen molar-refractivity contribution < 1.29 is 13.0 Å². The van der Waals surface area contributed by atoms with Gasteiger partial charge < -0.3 is 0 Å². The van der Waals surface area contributed by atoms with Gasteiger partial charge in [-0.05, 0) is 41.5 Å². The molecule has 0 fully saturated rings. The van der Waals surface area contributed by atoms with Gasteiger partial charge in [-0.1, -0.05) is 99.4 Å². The van der Waals surface area contributed by atoms with E-state index in [1.807, 2.05) is 36.4 Å². The van der Waals surface area contributed by atoms with E-state index < -0.39 is 18.0 Å². The van der Waals surface area contributed by atoms with Gasteiger partial charge in [-0.25, -0.2) is 0 Å². The van der Waals surface area contributed by atoms with E-state index in [4.69, 9.17) is 23.2 Å². The van der Waals surface area contributed by atoms with E-state index in [1.54, 1.807) is 0 Å². The van der Waals surface area contributed by atoms with E-state index in [-0.39, 0.29) is 25.4 Å². The summed E-state index contributed by atoms with van der Waals surface area (Å²) in [5.41, 5.74) is 2.23. The lowest BCUT2D eigenvalue weighted by Crippen LogP contribution is -2.28. The van der Waals surface area contributed by atoms with Gasteiger partial charge in [0, 0.05) is 5.30 Å². The van der Waals surface area contributed by atoms with Crippen LogP contribution in [-0.2, 0) is 10.1 Å². The van der Waals surface area contributed by atoms with Crippen LogP contribution in [0.15, 0.2) is 53.4 Å². The minimum Gasteiger partial charge on any atom is -0.282 e. The van der Waals surface area contributed by atoms with Gasteiger partial charge in [-0.3, -0.25) is 4.55 Å². The average molecular weight is 501 g/mol. The van der Waals surface area contributed by atoms with Crippen LogP contribution < -0.4 is 15.9 Å². The van der Waals surface area contributed by atoms with Crippen LogP contribution >= 0.6 is 42.5 Å². The van der Waals surface area contributed by atoms with Gasteiger partial charge >= 0.3 is 0 Å². The third-order valence-corrected chi connectivity index (χ3v) is 10.7. The zero-order valence-corrected chi connectivity index (χ0v) is 21.1. The second kappa shape index (κ2) is 9.28. The summed E-state index contributed by atoms with van der Waals surface area (Å²) in [7, 11) is -5.94. The van der Waals surface area contributed by atoms with Gasteiger partial charge in [-0.15, -0.1) is 11.3 Å². The zero-order valence-electron chi connectivity index (χ0n) is 17.1. The highest BCUT2D eigenvalue weighted by Gasteiger charge is 2.34. The van der Waals surface area contributed by atoms with Crippen LogP contribution in [0, 0.1) is 0 Å². The van der Waals surface area contributed by atoms with Crippen LogP contribution in [0.4, 0.5) is 0 Å². The Balaban J connectivity index is 2.47. The number of halogens is 2. The molecule has 30 heavy (non-hydrogen) atoms. The van der Waals surface area contributed by atoms with Crippen LogP contribution in [0.25, 0.3) is 0 Å². The molecule has 1 heterocycles. The maximum atomic E-state index is 12.3. The first-order valence-electron chi connectivity index (χ1n) is 9.47. The quantitative estimate of drug-likeness (QED) is 0.318. The van der Waals surface area contributed by atoms with Crippen molar-refractivity contribution in [1.29, 1.82) is 0 Å². The van der Waals surface area contributed by atoms with Crippen LogP contribution in [-0.4, -0.2) is 13.0 Å². The number of thiophene rings is 1. The molecule has 3 rings (SSSR count). The van der Waals surface area contributed by atoms with Crippen molar-refractivity contribution in [3.63, 3.8) is 0 Å². The molecular formula is C22H23Cl2O3PS2. The molecule has 0 amide bonds. The van der Waals surface area contributed by atoms with E-state index in [1.165, 1.54) is 0 Å². The smallest absolute Gasteiger partial charge is 0.282 e. The Bertz CT molecular complexity index is 1120. The SMILES string of the molecule is CC(C)c1ccccc1P(c1ccccc1C(C)C)c1c(Cl)sc(Cl)c1S(=O)(=O)O. The Kier molecular flexibility index (Phi) is 7.33. The van der Waals surface area contributed by atoms with Crippen molar-refractivity contribution in [2.24, 2.45) is 0 Å². The lowest BCUT2D eigenvalue weighted by atomic mass is 10.0. The largest absolute Gasteiger partial charge is 0.297 e. The third kappa shape index (κ3) is 4.62. The Morgan fingerprint density at radius 2 is 1.27 bits per heavy atom. The van der Waals surface area contributed by atoms with E-state index >= 15 is 0 Å². The van der Waals surface area contributed by atoms with Crippen molar-refractivity contribution in [2.75, 3.05) is 0 Å². The molecule has 1 aromatic heterocycles. The minimum atomic E-state index is -4.56. The van der Waals surface area contributed by atoms with Gasteiger partial charge in [0.2, 0.25) is 0 Å². The van der Waals surface area contributed by atoms with Crippen molar-refractivity contribution in [1.82, 2.24) is 0 Å². The van der Waals surface area contributed by atoms with Gasteiger partial charge in [0.05, 0.1) is 0 Å². The standard InChI is InChI=1S/C22H23Cl2O3PS2/c1-13(2)15-9-5-7-11-17(15)28(18-12-8-6-10-16(18)14(3)4)19-20(30(25,26)27)22(24)29-21(19)23/h5-14H,1-4H3,(H,25,26,27). The predicted molar refractivity (Wildman–Crippen MR) is 131 cm³/mol. The molecule has 3 aromatic rings.